The molecule has 8 heteroatoms. The van der Waals surface area contributed by atoms with Gasteiger partial charge in [-0.05, 0) is 18.6 Å². The number of nitrogens with one attached hydrogen (secondary N) is 1. The Morgan fingerprint density at radius 1 is 1.25 bits per heavy atom. The first kappa shape index (κ1) is 14.0. The fraction of sp³-hybridized carbons (Fsp3) is 0.250. The van der Waals surface area contributed by atoms with Gasteiger partial charge in [-0.3, -0.25) is 4.98 Å². The summed E-state index contributed by atoms with van der Waals surface area (Å²) in [5.41, 5.74) is 7.02. The summed E-state index contributed by atoms with van der Waals surface area (Å²) in [6.45, 7) is 2.14. The molecule has 0 aliphatic heterocycles. The number of nitrogens with zero attached hydrogens (tertiary/aromatic N) is 3. The highest BCUT2D eigenvalue weighted by molar-refractivity contribution is 5.45. The van der Waals surface area contributed by atoms with E-state index in [-0.39, 0.29) is 11.6 Å². The lowest BCUT2D eigenvalue weighted by Gasteiger charge is -2.10. The third kappa shape index (κ3) is 3.56. The Balaban J connectivity index is 2.13. The third-order valence-electron chi connectivity index (χ3n) is 2.45. The molecule has 0 unspecified atom stereocenters. The van der Waals surface area contributed by atoms with Gasteiger partial charge in [-0.15, -0.1) is 0 Å². The second kappa shape index (κ2) is 5.32. The minimum Gasteiger partial charge on any atom is -0.384 e. The van der Waals surface area contributed by atoms with E-state index in [1.807, 2.05) is 19.1 Å². The first-order valence-electron chi connectivity index (χ1n) is 5.72. The van der Waals surface area contributed by atoms with Crippen LogP contribution in [0.5, 0.6) is 0 Å². The summed E-state index contributed by atoms with van der Waals surface area (Å²) in [7, 11) is 0. The van der Waals surface area contributed by atoms with E-state index >= 15 is 0 Å². The summed E-state index contributed by atoms with van der Waals surface area (Å²) in [4.78, 5) is 10.6. The lowest BCUT2D eigenvalue weighted by molar-refractivity contribution is -0.144. The van der Waals surface area contributed by atoms with Crippen LogP contribution in [0.4, 0.5) is 24.8 Å². The summed E-state index contributed by atoms with van der Waals surface area (Å²) >= 11 is 0. The molecule has 0 aliphatic carbocycles. The molecule has 20 heavy (non-hydrogen) atoms. The van der Waals surface area contributed by atoms with Crippen LogP contribution in [-0.4, -0.2) is 15.0 Å². The van der Waals surface area contributed by atoms with Crippen LogP contribution < -0.4 is 11.1 Å². The van der Waals surface area contributed by atoms with Crippen molar-refractivity contribution in [1.29, 1.82) is 0 Å². The zero-order valence-corrected chi connectivity index (χ0v) is 10.6. The van der Waals surface area contributed by atoms with Crippen LogP contribution in [0.25, 0.3) is 0 Å². The average molecular weight is 283 g/mol. The number of nitrogen functional groups attached to an aromatic ring is 1. The van der Waals surface area contributed by atoms with E-state index in [1.165, 1.54) is 6.07 Å². The molecular weight excluding hydrogens is 271 g/mol. The molecule has 2 rings (SSSR count). The van der Waals surface area contributed by atoms with Gasteiger partial charge in [-0.1, -0.05) is 6.07 Å². The van der Waals surface area contributed by atoms with Crippen molar-refractivity contribution in [2.75, 3.05) is 11.1 Å². The van der Waals surface area contributed by atoms with Gasteiger partial charge in [0, 0.05) is 24.5 Å². The van der Waals surface area contributed by atoms with Crippen LogP contribution in [0.3, 0.4) is 0 Å². The first-order valence-corrected chi connectivity index (χ1v) is 5.72. The molecule has 0 aromatic carbocycles. The first-order chi connectivity index (χ1) is 9.34. The minimum absolute atomic E-state index is 0.0189. The molecule has 2 heterocycles. The van der Waals surface area contributed by atoms with E-state index in [0.29, 0.717) is 6.54 Å². The Labute approximate surface area is 113 Å². The normalized spacial score (nSPS) is 11.4. The van der Waals surface area contributed by atoms with E-state index in [2.05, 4.69) is 20.3 Å². The van der Waals surface area contributed by atoms with Crippen LogP contribution in [-0.2, 0) is 12.7 Å². The molecule has 0 aliphatic rings. The molecule has 5 nitrogen and oxygen atoms in total. The number of anilines is 2. The van der Waals surface area contributed by atoms with Crippen LogP contribution in [0.15, 0.2) is 24.4 Å². The number of aromatic nitrogens is 3. The zero-order chi connectivity index (χ0) is 14.8. The van der Waals surface area contributed by atoms with Gasteiger partial charge in [0.15, 0.2) is 0 Å². The standard InChI is InChI=1S/C12H12F3N5/c1-7-2-3-8(5-17-7)6-18-10-4-9(16)19-11(20-10)12(13,14)15/h2-5H,6H2,1H3,(H3,16,18,19,20). The second-order valence-corrected chi connectivity index (χ2v) is 4.16. The van der Waals surface area contributed by atoms with Crippen LogP contribution in [0.2, 0.25) is 0 Å². The molecule has 2 aromatic rings. The molecule has 0 saturated carbocycles. The van der Waals surface area contributed by atoms with Crippen molar-refractivity contribution in [2.45, 2.75) is 19.6 Å². The van der Waals surface area contributed by atoms with E-state index < -0.39 is 12.0 Å². The molecule has 3 N–H and O–H groups in total. The molecular formula is C12H12F3N5. The number of nitrogens with two attached hydrogens (primary N) is 1. The van der Waals surface area contributed by atoms with Gasteiger partial charge in [0.2, 0.25) is 5.82 Å². The highest BCUT2D eigenvalue weighted by atomic mass is 19.4. The van der Waals surface area contributed by atoms with Gasteiger partial charge < -0.3 is 11.1 Å². The second-order valence-electron chi connectivity index (χ2n) is 4.16. The van der Waals surface area contributed by atoms with Crippen LogP contribution in [0.1, 0.15) is 17.1 Å². The van der Waals surface area contributed by atoms with Gasteiger partial charge in [-0.25, -0.2) is 9.97 Å². The minimum atomic E-state index is -4.63. The number of aryl methyl sites for hydroxylation is 1. The Hall–Kier alpha value is -2.38. The summed E-state index contributed by atoms with van der Waals surface area (Å²) in [5, 5.41) is 2.76. The van der Waals surface area contributed by atoms with Crippen molar-refractivity contribution >= 4 is 11.6 Å². The third-order valence-corrected chi connectivity index (χ3v) is 2.45. The number of pyridine rings is 1. The highest BCUT2D eigenvalue weighted by Crippen LogP contribution is 2.27. The van der Waals surface area contributed by atoms with Crippen molar-refractivity contribution < 1.29 is 13.2 Å². The summed E-state index contributed by atoms with van der Waals surface area (Å²) in [6.07, 6.45) is -2.99. The average Bonchev–Trinajstić information content (AvgIpc) is 2.36. The number of halogens is 3. The van der Waals surface area contributed by atoms with Crippen molar-refractivity contribution in [3.8, 4) is 0 Å². The van der Waals surface area contributed by atoms with Crippen molar-refractivity contribution in [3.63, 3.8) is 0 Å². The quantitative estimate of drug-likeness (QED) is 0.904. The highest BCUT2D eigenvalue weighted by Gasteiger charge is 2.35. The maximum Gasteiger partial charge on any atom is 0.451 e. The van der Waals surface area contributed by atoms with Crippen LogP contribution >= 0.6 is 0 Å². The van der Waals surface area contributed by atoms with E-state index in [4.69, 9.17) is 5.73 Å². The summed E-state index contributed by atoms with van der Waals surface area (Å²) < 4.78 is 37.6. The fourth-order valence-electron chi connectivity index (χ4n) is 1.48. The predicted octanol–water partition coefficient (Wildman–Crippen LogP) is 2.39. The van der Waals surface area contributed by atoms with E-state index in [0.717, 1.165) is 11.3 Å². The van der Waals surface area contributed by atoms with Crippen molar-refractivity contribution in [3.05, 3.63) is 41.5 Å². The monoisotopic (exact) mass is 283 g/mol. The largest absolute Gasteiger partial charge is 0.451 e. The molecule has 0 radical (unpaired) electrons. The summed E-state index contributed by atoms with van der Waals surface area (Å²) in [5.74, 6) is -1.48. The Morgan fingerprint density at radius 3 is 2.60 bits per heavy atom. The Kier molecular flexibility index (Phi) is 3.73. The predicted molar refractivity (Wildman–Crippen MR) is 67.7 cm³/mol. The van der Waals surface area contributed by atoms with Gasteiger partial charge in [0.1, 0.15) is 11.6 Å². The zero-order valence-electron chi connectivity index (χ0n) is 10.6. The number of hydrogen-bond acceptors (Lipinski definition) is 5. The van der Waals surface area contributed by atoms with Gasteiger partial charge in [-0.2, -0.15) is 13.2 Å². The van der Waals surface area contributed by atoms with Gasteiger partial charge in [0.25, 0.3) is 0 Å². The lowest BCUT2D eigenvalue weighted by Crippen LogP contribution is -2.14. The maximum absolute atomic E-state index is 12.5. The number of hydrogen-bond donors (Lipinski definition) is 2. The molecule has 0 fully saturated rings. The van der Waals surface area contributed by atoms with E-state index in [1.54, 1.807) is 6.20 Å². The fourth-order valence-corrected chi connectivity index (χ4v) is 1.48. The van der Waals surface area contributed by atoms with Crippen molar-refractivity contribution in [2.24, 2.45) is 0 Å². The smallest absolute Gasteiger partial charge is 0.384 e. The molecule has 0 saturated heterocycles. The van der Waals surface area contributed by atoms with Gasteiger partial charge >= 0.3 is 6.18 Å². The SMILES string of the molecule is Cc1ccc(CNc2cc(N)nc(C(F)(F)F)n2)cn1. The number of alkyl halides is 3. The molecule has 0 bridgehead atoms. The Bertz CT molecular complexity index is 595. The lowest BCUT2D eigenvalue weighted by atomic mass is 10.2. The topological polar surface area (TPSA) is 76.7 Å². The molecule has 0 amide bonds. The Morgan fingerprint density at radius 2 is 2.00 bits per heavy atom. The molecule has 0 atom stereocenters. The van der Waals surface area contributed by atoms with Crippen LogP contribution in [0, 0.1) is 6.92 Å². The maximum atomic E-state index is 12.5. The number of rotatable bonds is 3. The molecule has 0 spiro atoms. The molecule has 2 aromatic heterocycles. The van der Waals surface area contributed by atoms with E-state index in [9.17, 15) is 13.2 Å². The summed E-state index contributed by atoms with van der Waals surface area (Å²) in [6, 6.07) is 4.88. The van der Waals surface area contributed by atoms with Crippen molar-refractivity contribution in [1.82, 2.24) is 15.0 Å². The molecule has 106 valence electrons. The van der Waals surface area contributed by atoms with Gasteiger partial charge in [0.05, 0.1) is 0 Å².